The third-order valence-corrected chi connectivity index (χ3v) is 3.79. The number of fused-ring (bicyclic) bond motifs is 1. The van der Waals surface area contributed by atoms with Gasteiger partial charge in [-0.3, -0.25) is 0 Å². The van der Waals surface area contributed by atoms with Crippen molar-refractivity contribution in [1.29, 1.82) is 0 Å². The van der Waals surface area contributed by atoms with E-state index in [0.29, 0.717) is 21.1 Å². The molecule has 3 rings (SSSR count). The van der Waals surface area contributed by atoms with Crippen LogP contribution in [0.1, 0.15) is 0 Å². The summed E-state index contributed by atoms with van der Waals surface area (Å²) in [6, 6.07) is 17.0. The van der Waals surface area contributed by atoms with Gasteiger partial charge in [0.25, 0.3) is 0 Å². The Balaban J connectivity index is 2.38. The first-order chi connectivity index (χ1) is 8.77. The molecule has 0 aliphatic heterocycles. The number of benzene rings is 2. The minimum atomic E-state index is 0.0377. The molecule has 2 nitrogen and oxygen atoms in total. The molecule has 0 saturated carbocycles. The molecule has 1 aromatic heterocycles. The monoisotopic (exact) mass is 295 g/mol. The minimum absolute atomic E-state index is 0.0377. The van der Waals surface area contributed by atoms with E-state index in [1.165, 1.54) is 0 Å². The average Bonchev–Trinajstić information content (AvgIpc) is 2.44. The summed E-state index contributed by atoms with van der Waals surface area (Å²) in [5.41, 5.74) is 1.60. The Kier molecular flexibility index (Phi) is 2.80. The van der Waals surface area contributed by atoms with Gasteiger partial charge in [0.1, 0.15) is 0 Å². The Labute approximate surface area is 112 Å². The zero-order valence-electron chi connectivity index (χ0n) is 9.51. The molecule has 0 N–H and O–H groups in total. The quantitative estimate of drug-likeness (QED) is 0.644. The molecular formula is C15H9GeO2. The van der Waals surface area contributed by atoms with Crippen molar-refractivity contribution < 1.29 is 4.42 Å². The maximum atomic E-state index is 12.3. The van der Waals surface area contributed by atoms with E-state index in [-0.39, 0.29) is 5.43 Å². The molecule has 0 atom stereocenters. The standard InChI is InChI=1S/C15H9GeO2/c16-13-14(17)11-8-4-5-9-12(11)18-15(13)10-6-2-1-3-7-10/h1-9H. The first kappa shape index (κ1) is 11.3. The molecular weight excluding hydrogens is 285 g/mol. The predicted molar refractivity (Wildman–Crippen MR) is 73.3 cm³/mol. The number of hydrogen-bond acceptors (Lipinski definition) is 2. The van der Waals surface area contributed by atoms with Crippen LogP contribution in [0.2, 0.25) is 0 Å². The molecule has 2 aromatic carbocycles. The Hall–Kier alpha value is -1.81. The molecule has 0 amide bonds. The molecule has 3 radical (unpaired) electrons. The van der Waals surface area contributed by atoms with Gasteiger partial charge in [-0.25, -0.2) is 0 Å². The summed E-state index contributed by atoms with van der Waals surface area (Å²) in [6.07, 6.45) is 0. The van der Waals surface area contributed by atoms with Gasteiger partial charge in [0.15, 0.2) is 0 Å². The van der Waals surface area contributed by atoms with Crippen LogP contribution < -0.4 is 9.82 Å². The maximum absolute atomic E-state index is 12.3. The normalized spacial score (nSPS) is 10.7. The van der Waals surface area contributed by atoms with Crippen LogP contribution in [0.15, 0.2) is 63.8 Å². The Morgan fingerprint density at radius 2 is 1.56 bits per heavy atom. The molecule has 0 aliphatic carbocycles. The van der Waals surface area contributed by atoms with Crippen LogP contribution in [0.4, 0.5) is 0 Å². The predicted octanol–water partition coefficient (Wildman–Crippen LogP) is 2.25. The van der Waals surface area contributed by atoms with E-state index in [0.717, 1.165) is 5.56 Å². The SMILES string of the molecule is O=c1[c]([Ge])c(-c2ccccc2)oc2ccccc12. The van der Waals surface area contributed by atoms with Gasteiger partial charge in [0, 0.05) is 0 Å². The summed E-state index contributed by atoms with van der Waals surface area (Å²) < 4.78 is 6.51. The molecule has 0 unspecified atom stereocenters. The van der Waals surface area contributed by atoms with Crippen LogP contribution in [0.5, 0.6) is 0 Å². The van der Waals surface area contributed by atoms with E-state index in [2.05, 4.69) is 0 Å². The molecule has 0 fully saturated rings. The van der Waals surface area contributed by atoms with Crippen molar-refractivity contribution in [3.05, 3.63) is 64.8 Å². The van der Waals surface area contributed by atoms with Gasteiger partial charge in [0.05, 0.1) is 0 Å². The molecule has 3 heteroatoms. The summed E-state index contributed by atoms with van der Waals surface area (Å²) in [4.78, 5) is 12.3. The Morgan fingerprint density at radius 1 is 0.889 bits per heavy atom. The first-order valence-electron chi connectivity index (χ1n) is 5.60. The molecule has 18 heavy (non-hydrogen) atoms. The fraction of sp³-hybridized carbons (Fsp3) is 0. The van der Waals surface area contributed by atoms with Gasteiger partial charge < -0.3 is 0 Å². The zero-order chi connectivity index (χ0) is 12.5. The topological polar surface area (TPSA) is 30.2 Å². The summed E-state index contributed by atoms with van der Waals surface area (Å²) in [5.74, 6) is 0.652. The van der Waals surface area contributed by atoms with E-state index in [9.17, 15) is 4.79 Å². The van der Waals surface area contributed by atoms with Crippen molar-refractivity contribution in [3.63, 3.8) is 0 Å². The number of hydrogen-bond donors (Lipinski definition) is 0. The summed E-state index contributed by atoms with van der Waals surface area (Å²) in [5, 5.41) is 0.634. The zero-order valence-corrected chi connectivity index (χ0v) is 11.6. The fourth-order valence-corrected chi connectivity index (χ4v) is 2.63. The third-order valence-electron chi connectivity index (χ3n) is 2.83. The van der Waals surface area contributed by atoms with Crippen molar-refractivity contribution in [3.8, 4) is 11.3 Å². The molecule has 0 aliphatic rings. The fourth-order valence-electron chi connectivity index (χ4n) is 1.93. The molecule has 3 aromatic rings. The summed E-state index contributed by atoms with van der Waals surface area (Å²) in [6.45, 7) is 0. The number of rotatable bonds is 1. The van der Waals surface area contributed by atoms with Gasteiger partial charge in [-0.2, -0.15) is 0 Å². The van der Waals surface area contributed by atoms with Crippen LogP contribution in [-0.2, 0) is 0 Å². The van der Waals surface area contributed by atoms with Crippen LogP contribution >= 0.6 is 0 Å². The van der Waals surface area contributed by atoms with E-state index < -0.39 is 0 Å². The molecule has 0 bridgehead atoms. The summed E-state index contributed by atoms with van der Waals surface area (Å²) in [7, 11) is 0. The molecule has 85 valence electrons. The van der Waals surface area contributed by atoms with E-state index in [1.807, 2.05) is 48.5 Å². The van der Waals surface area contributed by atoms with Crippen molar-refractivity contribution in [2.75, 3.05) is 0 Å². The molecule has 0 saturated heterocycles. The average molecular weight is 294 g/mol. The van der Waals surface area contributed by atoms with E-state index in [1.54, 1.807) is 22.6 Å². The van der Waals surface area contributed by atoms with Gasteiger partial charge in [0.2, 0.25) is 0 Å². The van der Waals surface area contributed by atoms with Crippen LogP contribution in [0, 0.1) is 0 Å². The second-order valence-corrected chi connectivity index (χ2v) is 5.05. The van der Waals surface area contributed by atoms with Crippen molar-refractivity contribution in [2.45, 2.75) is 0 Å². The second kappa shape index (κ2) is 4.46. The van der Waals surface area contributed by atoms with Crippen LogP contribution in [0.3, 0.4) is 0 Å². The summed E-state index contributed by atoms with van der Waals surface area (Å²) >= 11 is 1.81. The van der Waals surface area contributed by atoms with Crippen molar-refractivity contribution >= 4 is 31.9 Å². The Morgan fingerprint density at radius 3 is 2.33 bits per heavy atom. The molecule has 1 heterocycles. The van der Waals surface area contributed by atoms with Gasteiger partial charge in [-0.1, -0.05) is 0 Å². The van der Waals surface area contributed by atoms with Crippen LogP contribution in [0.25, 0.3) is 22.3 Å². The van der Waals surface area contributed by atoms with Gasteiger partial charge in [-0.05, 0) is 0 Å². The van der Waals surface area contributed by atoms with Gasteiger partial charge >= 0.3 is 112 Å². The van der Waals surface area contributed by atoms with Crippen molar-refractivity contribution in [1.82, 2.24) is 0 Å². The Bertz CT molecular complexity index is 760. The second-order valence-electron chi connectivity index (χ2n) is 4.00. The van der Waals surface area contributed by atoms with Crippen LogP contribution in [-0.4, -0.2) is 16.5 Å². The van der Waals surface area contributed by atoms with E-state index in [4.69, 9.17) is 4.42 Å². The molecule has 0 spiro atoms. The number of para-hydroxylation sites is 1. The van der Waals surface area contributed by atoms with E-state index >= 15 is 0 Å². The van der Waals surface area contributed by atoms with Gasteiger partial charge in [-0.15, -0.1) is 0 Å². The van der Waals surface area contributed by atoms with Crippen molar-refractivity contribution in [2.24, 2.45) is 0 Å². The first-order valence-corrected chi connectivity index (χ1v) is 6.65. The third kappa shape index (κ3) is 1.79.